The number of nitrogens with zero attached hydrogens (tertiary/aromatic N) is 2. The molecule has 1 saturated heterocycles. The van der Waals surface area contributed by atoms with Gasteiger partial charge in [-0.05, 0) is 41.8 Å². The predicted molar refractivity (Wildman–Crippen MR) is 115 cm³/mol. The van der Waals surface area contributed by atoms with Gasteiger partial charge in [-0.3, -0.25) is 4.99 Å². The monoisotopic (exact) mass is 438 g/mol. The average Bonchev–Trinajstić information content (AvgIpc) is 3.14. The van der Waals surface area contributed by atoms with E-state index < -0.39 is 9.84 Å². The highest BCUT2D eigenvalue weighted by Gasteiger charge is 2.44. The van der Waals surface area contributed by atoms with Gasteiger partial charge in [0.25, 0.3) is 0 Å². The van der Waals surface area contributed by atoms with E-state index in [4.69, 9.17) is 16.6 Å². The minimum atomic E-state index is -3.01. The van der Waals surface area contributed by atoms with Crippen LogP contribution in [0, 0.1) is 5.82 Å². The van der Waals surface area contributed by atoms with Gasteiger partial charge in [-0.15, -0.1) is 0 Å². The van der Waals surface area contributed by atoms with Gasteiger partial charge in [0.15, 0.2) is 15.0 Å². The molecular formula is C20H20ClFN2O2S2. The van der Waals surface area contributed by atoms with Crippen molar-refractivity contribution in [2.45, 2.75) is 31.2 Å². The highest BCUT2D eigenvalue weighted by atomic mass is 35.5. The standard InChI is InChI=1S/C20H20ClFN2O2S2/c1-2-13-3-7-16(8-4-13)24(10-14-5-6-15(22)9-17(14)21)20-23-18-11-28(25,26)12-19(18)27-20/h3-9,18-19H,2,10-12H2,1H3/t18-,19+/m1/s1. The van der Waals surface area contributed by atoms with E-state index in [2.05, 4.69) is 19.1 Å². The van der Waals surface area contributed by atoms with Gasteiger partial charge in [-0.2, -0.15) is 0 Å². The largest absolute Gasteiger partial charge is 0.317 e. The molecule has 0 saturated carbocycles. The van der Waals surface area contributed by atoms with Crippen LogP contribution in [0.2, 0.25) is 5.02 Å². The maximum Gasteiger partial charge on any atom is 0.164 e. The third-order valence-corrected chi connectivity index (χ3v) is 8.64. The van der Waals surface area contributed by atoms with Crippen molar-refractivity contribution in [3.05, 3.63) is 64.4 Å². The van der Waals surface area contributed by atoms with Crippen LogP contribution in [0.3, 0.4) is 0 Å². The average molecular weight is 439 g/mol. The van der Waals surface area contributed by atoms with Crippen LogP contribution in [0.5, 0.6) is 0 Å². The van der Waals surface area contributed by atoms with E-state index in [1.54, 1.807) is 6.07 Å². The molecule has 0 amide bonds. The first-order chi connectivity index (χ1) is 13.3. The normalized spacial score (nSPS) is 22.8. The Morgan fingerprint density at radius 2 is 1.96 bits per heavy atom. The predicted octanol–water partition coefficient (Wildman–Crippen LogP) is 4.32. The Morgan fingerprint density at radius 1 is 1.21 bits per heavy atom. The molecule has 2 atom stereocenters. The van der Waals surface area contributed by atoms with Gasteiger partial charge in [0.2, 0.25) is 0 Å². The topological polar surface area (TPSA) is 49.7 Å². The molecule has 1 fully saturated rings. The Balaban J connectivity index is 1.67. The van der Waals surface area contributed by atoms with Gasteiger partial charge in [0, 0.05) is 16.0 Å². The molecule has 0 aliphatic carbocycles. The van der Waals surface area contributed by atoms with Gasteiger partial charge in [-0.1, -0.05) is 48.5 Å². The van der Waals surface area contributed by atoms with Crippen molar-refractivity contribution in [1.82, 2.24) is 0 Å². The molecule has 2 aromatic carbocycles. The number of hydrogen-bond acceptors (Lipinski definition) is 5. The second-order valence-corrected chi connectivity index (χ2v) is 10.8. The van der Waals surface area contributed by atoms with Gasteiger partial charge < -0.3 is 4.90 Å². The van der Waals surface area contributed by atoms with Crippen molar-refractivity contribution >= 4 is 44.1 Å². The molecule has 0 unspecified atom stereocenters. The molecule has 2 aliphatic heterocycles. The summed E-state index contributed by atoms with van der Waals surface area (Å²) in [6.07, 6.45) is 0.946. The summed E-state index contributed by atoms with van der Waals surface area (Å²) >= 11 is 7.76. The molecule has 2 aliphatic rings. The van der Waals surface area contributed by atoms with E-state index in [9.17, 15) is 12.8 Å². The van der Waals surface area contributed by atoms with Crippen molar-refractivity contribution in [2.24, 2.45) is 4.99 Å². The first-order valence-electron chi connectivity index (χ1n) is 9.10. The maximum absolute atomic E-state index is 13.4. The number of anilines is 1. The first-order valence-corrected chi connectivity index (χ1v) is 12.2. The van der Waals surface area contributed by atoms with E-state index in [1.807, 2.05) is 17.0 Å². The second kappa shape index (κ2) is 7.69. The summed E-state index contributed by atoms with van der Waals surface area (Å²) in [7, 11) is -3.01. The number of fused-ring (bicyclic) bond motifs is 1. The van der Waals surface area contributed by atoms with Crippen LogP contribution in [0.25, 0.3) is 0 Å². The molecular weight excluding hydrogens is 419 g/mol. The minimum absolute atomic E-state index is 0.0406. The molecule has 4 rings (SSSR count). The van der Waals surface area contributed by atoms with Crippen LogP contribution < -0.4 is 4.90 Å². The van der Waals surface area contributed by atoms with Crippen LogP contribution >= 0.6 is 23.4 Å². The molecule has 0 aromatic heterocycles. The first kappa shape index (κ1) is 19.7. The number of amidine groups is 1. The van der Waals surface area contributed by atoms with Crippen molar-refractivity contribution < 1.29 is 12.8 Å². The van der Waals surface area contributed by atoms with Crippen LogP contribution in [0.1, 0.15) is 18.1 Å². The molecule has 0 bridgehead atoms. The van der Waals surface area contributed by atoms with Crippen molar-refractivity contribution in [2.75, 3.05) is 16.4 Å². The molecule has 2 aromatic rings. The van der Waals surface area contributed by atoms with Gasteiger partial charge in [-0.25, -0.2) is 12.8 Å². The van der Waals surface area contributed by atoms with E-state index in [0.717, 1.165) is 22.8 Å². The summed E-state index contributed by atoms with van der Waals surface area (Å²) in [5, 5.41) is 1.11. The van der Waals surface area contributed by atoms with Gasteiger partial charge in [0.1, 0.15) is 5.82 Å². The molecule has 8 heteroatoms. The Hall–Kier alpha value is -1.57. The lowest BCUT2D eigenvalue weighted by Crippen LogP contribution is -2.28. The highest BCUT2D eigenvalue weighted by Crippen LogP contribution is 2.37. The SMILES string of the molecule is CCc1ccc(N(Cc2ccc(F)cc2Cl)C2=N[C@@H]3CS(=O)(=O)C[C@@H]3S2)cc1. The summed E-state index contributed by atoms with van der Waals surface area (Å²) in [4.78, 5) is 6.75. The van der Waals surface area contributed by atoms with Crippen molar-refractivity contribution in [3.8, 4) is 0 Å². The molecule has 0 radical (unpaired) electrons. The fourth-order valence-corrected chi connectivity index (χ4v) is 7.48. The number of halogens is 2. The summed E-state index contributed by atoms with van der Waals surface area (Å²) < 4.78 is 37.2. The van der Waals surface area contributed by atoms with Crippen LogP contribution in [-0.2, 0) is 22.8 Å². The lowest BCUT2D eigenvalue weighted by Gasteiger charge is -2.25. The van der Waals surface area contributed by atoms with E-state index in [-0.39, 0.29) is 28.6 Å². The maximum atomic E-state index is 13.4. The molecule has 0 spiro atoms. The van der Waals surface area contributed by atoms with E-state index >= 15 is 0 Å². The number of hydrogen-bond donors (Lipinski definition) is 0. The van der Waals surface area contributed by atoms with Crippen LogP contribution in [0.15, 0.2) is 47.5 Å². The number of sulfone groups is 1. The molecule has 148 valence electrons. The minimum Gasteiger partial charge on any atom is -0.317 e. The number of rotatable bonds is 4. The smallest absolute Gasteiger partial charge is 0.164 e. The summed E-state index contributed by atoms with van der Waals surface area (Å²) in [5.41, 5.74) is 2.97. The van der Waals surface area contributed by atoms with E-state index in [0.29, 0.717) is 11.6 Å². The Kier molecular flexibility index (Phi) is 5.42. The summed E-state index contributed by atoms with van der Waals surface area (Å²) in [5.74, 6) is -0.108. The zero-order chi connectivity index (χ0) is 19.9. The van der Waals surface area contributed by atoms with Crippen LogP contribution in [-0.4, -0.2) is 36.4 Å². The Morgan fingerprint density at radius 3 is 2.61 bits per heavy atom. The number of benzene rings is 2. The summed E-state index contributed by atoms with van der Waals surface area (Å²) in [6.45, 7) is 2.53. The van der Waals surface area contributed by atoms with Crippen molar-refractivity contribution in [3.63, 3.8) is 0 Å². The fourth-order valence-electron chi connectivity index (χ4n) is 3.47. The van der Waals surface area contributed by atoms with Gasteiger partial charge in [0.05, 0.1) is 24.1 Å². The summed E-state index contributed by atoms with van der Waals surface area (Å²) in [6, 6.07) is 12.4. The quantitative estimate of drug-likeness (QED) is 0.713. The van der Waals surface area contributed by atoms with Gasteiger partial charge >= 0.3 is 0 Å². The van der Waals surface area contributed by atoms with Crippen LogP contribution in [0.4, 0.5) is 10.1 Å². The lowest BCUT2D eigenvalue weighted by molar-refractivity contribution is 0.601. The number of thioether (sulfide) groups is 1. The van der Waals surface area contributed by atoms with E-state index in [1.165, 1.54) is 29.5 Å². The molecule has 28 heavy (non-hydrogen) atoms. The Bertz CT molecular complexity index is 1030. The number of aryl methyl sites for hydroxylation is 1. The second-order valence-electron chi connectivity index (χ2n) is 7.05. The zero-order valence-electron chi connectivity index (χ0n) is 15.3. The lowest BCUT2D eigenvalue weighted by atomic mass is 10.1. The Labute approximate surface area is 173 Å². The fraction of sp³-hybridized carbons (Fsp3) is 0.350. The molecule has 0 N–H and O–H groups in total. The van der Waals surface area contributed by atoms with Crippen molar-refractivity contribution in [1.29, 1.82) is 0 Å². The highest BCUT2D eigenvalue weighted by molar-refractivity contribution is 8.15. The molecule has 4 nitrogen and oxygen atoms in total. The number of aliphatic imine (C=N–C) groups is 1. The third kappa shape index (κ3) is 4.07. The zero-order valence-corrected chi connectivity index (χ0v) is 17.7. The molecule has 2 heterocycles. The third-order valence-electron chi connectivity index (χ3n) is 5.04.